The Morgan fingerprint density at radius 1 is 1.00 bits per heavy atom. The number of halogens is 1. The Morgan fingerprint density at radius 3 is 2.26 bits per heavy atom. The highest BCUT2D eigenvalue weighted by molar-refractivity contribution is 5.85. The molecule has 0 atom stereocenters. The molecule has 0 unspecified atom stereocenters. The summed E-state index contributed by atoms with van der Waals surface area (Å²) in [6.45, 7) is 3.14. The van der Waals surface area contributed by atoms with Crippen LogP contribution < -0.4 is 16.0 Å². The van der Waals surface area contributed by atoms with Crippen molar-refractivity contribution in [1.29, 1.82) is 0 Å². The first-order valence-corrected chi connectivity index (χ1v) is 7.01. The minimum Gasteiger partial charge on any atom is -0.354 e. The van der Waals surface area contributed by atoms with Crippen molar-refractivity contribution in [3.8, 4) is 0 Å². The van der Waals surface area contributed by atoms with E-state index < -0.39 is 0 Å². The number of piperidine rings is 1. The van der Waals surface area contributed by atoms with E-state index in [1.807, 2.05) is 0 Å². The van der Waals surface area contributed by atoms with E-state index >= 15 is 0 Å². The number of nitrogens with one attached hydrogen (secondary N) is 3. The normalized spacial score (nSPS) is 19.4. The molecule has 0 radical (unpaired) electrons. The van der Waals surface area contributed by atoms with Crippen LogP contribution in [0.4, 0.5) is 0 Å². The molecule has 0 bridgehead atoms. The first-order chi connectivity index (χ1) is 8.75. The predicted molar refractivity (Wildman–Crippen MR) is 76.2 cm³/mol. The standard InChI is InChI=1S/C13H23N3O2.ClH/c17-12(9-10-3-5-14-6-4-10)15-7-8-16-13(18)11-1-2-11;/h10-11,14H,1-9H2,(H,15,17)(H,16,18);1H. The molecular weight excluding hydrogens is 266 g/mol. The van der Waals surface area contributed by atoms with Crippen LogP contribution in [-0.4, -0.2) is 38.0 Å². The number of carbonyl (C=O) groups excluding carboxylic acids is 2. The summed E-state index contributed by atoms with van der Waals surface area (Å²) >= 11 is 0. The zero-order valence-electron chi connectivity index (χ0n) is 11.2. The Bertz CT molecular complexity index is 302. The molecule has 5 nitrogen and oxygen atoms in total. The molecule has 19 heavy (non-hydrogen) atoms. The highest BCUT2D eigenvalue weighted by Gasteiger charge is 2.29. The largest absolute Gasteiger partial charge is 0.354 e. The fraction of sp³-hybridized carbons (Fsp3) is 0.846. The summed E-state index contributed by atoms with van der Waals surface area (Å²) in [5, 5.41) is 9.00. The van der Waals surface area contributed by atoms with Gasteiger partial charge in [0.1, 0.15) is 0 Å². The molecule has 1 saturated carbocycles. The van der Waals surface area contributed by atoms with Gasteiger partial charge in [-0.2, -0.15) is 0 Å². The lowest BCUT2D eigenvalue weighted by atomic mass is 9.94. The Labute approximate surface area is 120 Å². The molecule has 0 aromatic heterocycles. The molecular formula is C13H24ClN3O2. The van der Waals surface area contributed by atoms with E-state index in [9.17, 15) is 9.59 Å². The minimum atomic E-state index is 0. The summed E-state index contributed by atoms with van der Waals surface area (Å²) < 4.78 is 0. The first-order valence-electron chi connectivity index (χ1n) is 7.01. The molecule has 1 aliphatic carbocycles. The fourth-order valence-electron chi connectivity index (χ4n) is 2.30. The maximum Gasteiger partial charge on any atom is 0.223 e. The van der Waals surface area contributed by atoms with Crippen molar-refractivity contribution in [3.05, 3.63) is 0 Å². The molecule has 1 saturated heterocycles. The number of amides is 2. The van der Waals surface area contributed by atoms with Gasteiger partial charge >= 0.3 is 0 Å². The van der Waals surface area contributed by atoms with Crippen molar-refractivity contribution < 1.29 is 9.59 Å². The third kappa shape index (κ3) is 6.25. The minimum absolute atomic E-state index is 0. The van der Waals surface area contributed by atoms with Gasteiger partial charge in [-0.25, -0.2) is 0 Å². The van der Waals surface area contributed by atoms with Crippen LogP contribution in [-0.2, 0) is 9.59 Å². The maximum absolute atomic E-state index is 11.7. The molecule has 3 N–H and O–H groups in total. The van der Waals surface area contributed by atoms with E-state index in [4.69, 9.17) is 0 Å². The lowest BCUT2D eigenvalue weighted by Crippen LogP contribution is -2.37. The molecule has 2 aliphatic rings. The van der Waals surface area contributed by atoms with Crippen molar-refractivity contribution >= 4 is 24.2 Å². The second-order valence-electron chi connectivity index (χ2n) is 5.31. The van der Waals surface area contributed by atoms with Gasteiger partial charge in [0.2, 0.25) is 11.8 Å². The monoisotopic (exact) mass is 289 g/mol. The van der Waals surface area contributed by atoms with Crippen LogP contribution in [0.1, 0.15) is 32.1 Å². The molecule has 1 heterocycles. The maximum atomic E-state index is 11.7. The Morgan fingerprint density at radius 2 is 1.63 bits per heavy atom. The van der Waals surface area contributed by atoms with Gasteiger partial charge < -0.3 is 16.0 Å². The van der Waals surface area contributed by atoms with Gasteiger partial charge in [0.15, 0.2) is 0 Å². The van der Waals surface area contributed by atoms with Gasteiger partial charge in [-0.1, -0.05) is 0 Å². The average molecular weight is 290 g/mol. The van der Waals surface area contributed by atoms with E-state index in [2.05, 4.69) is 16.0 Å². The van der Waals surface area contributed by atoms with Gasteiger partial charge in [0.05, 0.1) is 0 Å². The summed E-state index contributed by atoms with van der Waals surface area (Å²) in [5.74, 6) is 1.02. The molecule has 0 aromatic carbocycles. The molecule has 2 rings (SSSR count). The topological polar surface area (TPSA) is 70.2 Å². The van der Waals surface area contributed by atoms with Crippen LogP contribution in [0.3, 0.4) is 0 Å². The number of carbonyl (C=O) groups is 2. The van der Waals surface area contributed by atoms with Crippen molar-refractivity contribution in [2.45, 2.75) is 32.1 Å². The van der Waals surface area contributed by atoms with Crippen LogP contribution >= 0.6 is 12.4 Å². The van der Waals surface area contributed by atoms with Gasteiger partial charge in [-0.3, -0.25) is 9.59 Å². The smallest absolute Gasteiger partial charge is 0.223 e. The quantitative estimate of drug-likeness (QED) is 0.622. The number of rotatable bonds is 6. The summed E-state index contributed by atoms with van der Waals surface area (Å²) in [4.78, 5) is 23.0. The average Bonchev–Trinajstić information content (AvgIpc) is 3.20. The van der Waals surface area contributed by atoms with Crippen LogP contribution in [0.2, 0.25) is 0 Å². The summed E-state index contributed by atoms with van der Waals surface area (Å²) in [5.41, 5.74) is 0. The van der Waals surface area contributed by atoms with Gasteiger partial charge in [-0.15, -0.1) is 12.4 Å². The Kier molecular flexibility index (Phi) is 7.16. The van der Waals surface area contributed by atoms with E-state index in [-0.39, 0.29) is 30.1 Å². The molecule has 0 spiro atoms. The first kappa shape index (κ1) is 16.2. The van der Waals surface area contributed by atoms with Gasteiger partial charge in [0.25, 0.3) is 0 Å². The third-order valence-corrected chi connectivity index (χ3v) is 3.63. The summed E-state index contributed by atoms with van der Waals surface area (Å²) in [6.07, 6.45) is 4.84. The van der Waals surface area contributed by atoms with E-state index in [1.165, 1.54) is 0 Å². The van der Waals surface area contributed by atoms with Gasteiger partial charge in [-0.05, 0) is 44.7 Å². The second kappa shape index (κ2) is 8.38. The highest BCUT2D eigenvalue weighted by Crippen LogP contribution is 2.28. The third-order valence-electron chi connectivity index (χ3n) is 3.63. The van der Waals surface area contributed by atoms with E-state index in [0.717, 1.165) is 38.8 Å². The molecule has 2 fully saturated rings. The molecule has 2 amide bonds. The zero-order chi connectivity index (χ0) is 12.8. The van der Waals surface area contributed by atoms with Crippen molar-refractivity contribution in [3.63, 3.8) is 0 Å². The zero-order valence-corrected chi connectivity index (χ0v) is 12.1. The Balaban J connectivity index is 0.00000180. The lowest BCUT2D eigenvalue weighted by molar-refractivity contribution is -0.124. The molecule has 1 aliphatic heterocycles. The molecule has 0 aromatic rings. The summed E-state index contributed by atoms with van der Waals surface area (Å²) in [7, 11) is 0. The fourth-order valence-corrected chi connectivity index (χ4v) is 2.30. The predicted octanol–water partition coefficient (Wildman–Crippen LogP) is 0.440. The van der Waals surface area contributed by atoms with Crippen LogP contribution in [0, 0.1) is 11.8 Å². The SMILES string of the molecule is Cl.O=C(CC1CCNCC1)NCCNC(=O)C1CC1. The molecule has 6 heteroatoms. The van der Waals surface area contributed by atoms with Crippen LogP contribution in [0.15, 0.2) is 0 Å². The Hall–Kier alpha value is -0.810. The lowest BCUT2D eigenvalue weighted by Gasteiger charge is -2.21. The second-order valence-corrected chi connectivity index (χ2v) is 5.31. The van der Waals surface area contributed by atoms with E-state index in [0.29, 0.717) is 25.4 Å². The van der Waals surface area contributed by atoms with E-state index in [1.54, 1.807) is 0 Å². The van der Waals surface area contributed by atoms with Crippen molar-refractivity contribution in [2.24, 2.45) is 11.8 Å². The molecule has 110 valence electrons. The number of hydrogen-bond donors (Lipinski definition) is 3. The van der Waals surface area contributed by atoms with Gasteiger partial charge in [0, 0.05) is 25.4 Å². The van der Waals surface area contributed by atoms with Crippen molar-refractivity contribution in [2.75, 3.05) is 26.2 Å². The van der Waals surface area contributed by atoms with Crippen molar-refractivity contribution in [1.82, 2.24) is 16.0 Å². The van der Waals surface area contributed by atoms with Crippen LogP contribution in [0.25, 0.3) is 0 Å². The highest BCUT2D eigenvalue weighted by atomic mass is 35.5. The number of hydrogen-bond acceptors (Lipinski definition) is 3. The van der Waals surface area contributed by atoms with Crippen LogP contribution in [0.5, 0.6) is 0 Å². The summed E-state index contributed by atoms with van der Waals surface area (Å²) in [6, 6.07) is 0.